The van der Waals surface area contributed by atoms with Gasteiger partial charge in [-0.15, -0.1) is 11.8 Å². The van der Waals surface area contributed by atoms with Gasteiger partial charge in [-0.1, -0.05) is 23.7 Å². The van der Waals surface area contributed by atoms with Crippen molar-refractivity contribution in [1.82, 2.24) is 15.3 Å². The van der Waals surface area contributed by atoms with E-state index in [2.05, 4.69) is 45.9 Å². The Kier molecular flexibility index (Phi) is 5.85. The first-order valence-corrected chi connectivity index (χ1v) is 11.1. The SMILES string of the molecule is CSc1cc(CNC(C)CNc2cc(=O)c3ccccc3[nH]2)c2[nH]cc(Cl)c2c1. The molecule has 0 saturated heterocycles. The summed E-state index contributed by atoms with van der Waals surface area (Å²) in [6.07, 6.45) is 3.90. The standard InChI is InChI=1S/C22H23ClN4OS/c1-13(10-25-21-9-20(28)16-5-3-4-6-19(16)27-21)24-11-14-7-15(29-2)8-17-18(23)12-26-22(14)17/h3-9,12-13,24,26H,10-11H2,1-2H3,(H2,25,27,28). The minimum absolute atomic E-state index is 0.0161. The Morgan fingerprint density at radius 3 is 2.83 bits per heavy atom. The Hall–Kier alpha value is -2.41. The largest absolute Gasteiger partial charge is 0.370 e. The summed E-state index contributed by atoms with van der Waals surface area (Å²) >= 11 is 8.02. The molecule has 1 atom stereocenters. The zero-order valence-corrected chi connectivity index (χ0v) is 17.9. The van der Waals surface area contributed by atoms with Crippen LogP contribution in [0.3, 0.4) is 0 Å². The number of aromatic nitrogens is 2. The van der Waals surface area contributed by atoms with Crippen molar-refractivity contribution >= 4 is 51.0 Å². The van der Waals surface area contributed by atoms with Gasteiger partial charge in [-0.3, -0.25) is 4.79 Å². The van der Waals surface area contributed by atoms with E-state index in [0.717, 1.165) is 33.8 Å². The molecule has 0 aliphatic rings. The lowest BCUT2D eigenvalue weighted by molar-refractivity contribution is 0.568. The highest BCUT2D eigenvalue weighted by Crippen LogP contribution is 2.30. The molecule has 2 aromatic heterocycles. The van der Waals surface area contributed by atoms with Crippen LogP contribution in [-0.4, -0.2) is 28.8 Å². The van der Waals surface area contributed by atoms with Gasteiger partial charge in [-0.05, 0) is 43.0 Å². The van der Waals surface area contributed by atoms with Crippen molar-refractivity contribution in [3.63, 3.8) is 0 Å². The molecule has 4 aromatic rings. The van der Waals surface area contributed by atoms with Crippen LogP contribution in [0.5, 0.6) is 0 Å². The molecular formula is C22H23ClN4OS. The number of H-pyrrole nitrogens is 2. The van der Waals surface area contributed by atoms with Gasteiger partial charge in [-0.2, -0.15) is 0 Å². The maximum atomic E-state index is 12.2. The van der Waals surface area contributed by atoms with E-state index >= 15 is 0 Å². The molecule has 4 rings (SSSR count). The van der Waals surface area contributed by atoms with Gasteiger partial charge in [0.05, 0.1) is 16.1 Å². The molecule has 0 radical (unpaired) electrons. The van der Waals surface area contributed by atoms with Gasteiger partial charge < -0.3 is 20.6 Å². The molecule has 0 spiro atoms. The maximum absolute atomic E-state index is 12.2. The number of nitrogens with one attached hydrogen (secondary N) is 4. The highest BCUT2D eigenvalue weighted by Gasteiger charge is 2.10. The van der Waals surface area contributed by atoms with Crippen LogP contribution in [0.25, 0.3) is 21.8 Å². The van der Waals surface area contributed by atoms with Crippen LogP contribution in [-0.2, 0) is 6.54 Å². The fourth-order valence-corrected chi connectivity index (χ4v) is 4.11. The number of halogens is 1. The van der Waals surface area contributed by atoms with Gasteiger partial charge in [0.2, 0.25) is 0 Å². The molecule has 0 fully saturated rings. The molecule has 0 amide bonds. The summed E-state index contributed by atoms with van der Waals surface area (Å²) < 4.78 is 0. The minimum atomic E-state index is 0.0161. The van der Waals surface area contributed by atoms with Crippen LogP contribution >= 0.6 is 23.4 Å². The Morgan fingerprint density at radius 1 is 1.17 bits per heavy atom. The van der Waals surface area contributed by atoms with Crippen molar-refractivity contribution in [3.05, 3.63) is 69.5 Å². The van der Waals surface area contributed by atoms with Gasteiger partial charge in [0, 0.05) is 47.1 Å². The summed E-state index contributed by atoms with van der Waals surface area (Å²) in [5, 5.41) is 9.37. The van der Waals surface area contributed by atoms with Crippen LogP contribution in [0.1, 0.15) is 12.5 Å². The van der Waals surface area contributed by atoms with Crippen LogP contribution in [0.4, 0.5) is 5.82 Å². The molecule has 5 nitrogen and oxygen atoms in total. The zero-order chi connectivity index (χ0) is 20.4. The lowest BCUT2D eigenvalue weighted by atomic mass is 10.1. The zero-order valence-electron chi connectivity index (χ0n) is 16.3. The van der Waals surface area contributed by atoms with Gasteiger partial charge in [0.25, 0.3) is 0 Å². The fourth-order valence-electron chi connectivity index (χ4n) is 3.41. The van der Waals surface area contributed by atoms with Crippen LogP contribution in [0.2, 0.25) is 5.02 Å². The van der Waals surface area contributed by atoms with E-state index in [-0.39, 0.29) is 11.5 Å². The van der Waals surface area contributed by atoms with Crippen molar-refractivity contribution in [2.24, 2.45) is 0 Å². The van der Waals surface area contributed by atoms with Gasteiger partial charge >= 0.3 is 0 Å². The normalized spacial score (nSPS) is 12.5. The number of benzene rings is 2. The first kappa shape index (κ1) is 19.9. The summed E-state index contributed by atoms with van der Waals surface area (Å²) in [7, 11) is 0. The van der Waals surface area contributed by atoms with Gasteiger partial charge in [-0.25, -0.2) is 0 Å². The van der Waals surface area contributed by atoms with E-state index in [9.17, 15) is 4.79 Å². The molecule has 0 bridgehead atoms. The van der Waals surface area contributed by atoms with E-state index in [1.165, 1.54) is 10.5 Å². The number of thioether (sulfide) groups is 1. The molecule has 0 aliphatic carbocycles. The number of hydrogen-bond donors (Lipinski definition) is 4. The van der Waals surface area contributed by atoms with E-state index in [1.807, 2.05) is 30.5 Å². The van der Waals surface area contributed by atoms with E-state index in [4.69, 9.17) is 11.6 Å². The predicted molar refractivity (Wildman–Crippen MR) is 124 cm³/mol. The van der Waals surface area contributed by atoms with Gasteiger partial charge in [0.1, 0.15) is 5.82 Å². The molecule has 150 valence electrons. The highest BCUT2D eigenvalue weighted by molar-refractivity contribution is 7.98. The third-order valence-electron chi connectivity index (χ3n) is 5.01. The smallest absolute Gasteiger partial charge is 0.191 e. The molecular weight excluding hydrogens is 404 g/mol. The lowest BCUT2D eigenvalue weighted by Crippen LogP contribution is -2.32. The molecule has 2 aromatic carbocycles. The Balaban J connectivity index is 1.43. The van der Waals surface area contributed by atoms with E-state index < -0.39 is 0 Å². The third-order valence-corrected chi connectivity index (χ3v) is 6.03. The minimum Gasteiger partial charge on any atom is -0.370 e. The number of aromatic amines is 2. The number of para-hydroxylation sites is 1. The maximum Gasteiger partial charge on any atom is 0.191 e. The fraction of sp³-hybridized carbons (Fsp3) is 0.227. The number of fused-ring (bicyclic) bond motifs is 2. The number of anilines is 1. The summed E-state index contributed by atoms with van der Waals surface area (Å²) in [6.45, 7) is 3.52. The Morgan fingerprint density at radius 2 is 2.00 bits per heavy atom. The van der Waals surface area contributed by atoms with Crippen LogP contribution < -0.4 is 16.1 Å². The molecule has 7 heteroatoms. The Bertz CT molecular complexity index is 1220. The third kappa shape index (κ3) is 4.29. The molecule has 0 saturated carbocycles. The summed E-state index contributed by atoms with van der Waals surface area (Å²) in [5.74, 6) is 0.727. The van der Waals surface area contributed by atoms with Gasteiger partial charge in [0.15, 0.2) is 5.43 Å². The average Bonchev–Trinajstić information content (AvgIpc) is 3.11. The van der Waals surface area contributed by atoms with Crippen molar-refractivity contribution in [1.29, 1.82) is 0 Å². The summed E-state index contributed by atoms with van der Waals surface area (Å²) in [5.41, 5.74) is 3.11. The monoisotopic (exact) mass is 426 g/mol. The number of hydrogen-bond acceptors (Lipinski definition) is 4. The van der Waals surface area contributed by atoms with E-state index in [0.29, 0.717) is 11.9 Å². The van der Waals surface area contributed by atoms with Crippen molar-refractivity contribution < 1.29 is 0 Å². The molecule has 4 N–H and O–H groups in total. The first-order valence-electron chi connectivity index (χ1n) is 9.48. The quantitative estimate of drug-likeness (QED) is 0.315. The molecule has 0 aliphatic heterocycles. The molecule has 29 heavy (non-hydrogen) atoms. The summed E-state index contributed by atoms with van der Waals surface area (Å²) in [4.78, 5) is 20.0. The second-order valence-corrected chi connectivity index (χ2v) is 8.39. The van der Waals surface area contributed by atoms with E-state index in [1.54, 1.807) is 17.8 Å². The molecule has 2 heterocycles. The van der Waals surface area contributed by atoms with Crippen LogP contribution in [0.15, 0.2) is 58.4 Å². The first-order chi connectivity index (χ1) is 14.0. The number of rotatable bonds is 7. The number of pyridine rings is 1. The van der Waals surface area contributed by atoms with Crippen molar-refractivity contribution in [3.8, 4) is 0 Å². The second kappa shape index (κ2) is 8.53. The Labute approximate surface area is 178 Å². The second-order valence-electron chi connectivity index (χ2n) is 7.10. The summed E-state index contributed by atoms with van der Waals surface area (Å²) in [6, 6.07) is 13.6. The van der Waals surface area contributed by atoms with Crippen LogP contribution in [0, 0.1) is 0 Å². The van der Waals surface area contributed by atoms with Crippen molar-refractivity contribution in [2.75, 3.05) is 18.1 Å². The average molecular weight is 427 g/mol. The lowest BCUT2D eigenvalue weighted by Gasteiger charge is -2.16. The topological polar surface area (TPSA) is 72.7 Å². The highest BCUT2D eigenvalue weighted by atomic mass is 35.5. The molecule has 1 unspecified atom stereocenters. The van der Waals surface area contributed by atoms with Crippen molar-refractivity contribution in [2.45, 2.75) is 24.4 Å². The predicted octanol–water partition coefficient (Wildman–Crippen LogP) is 4.97.